The summed E-state index contributed by atoms with van der Waals surface area (Å²) >= 11 is 3.28. The van der Waals surface area contributed by atoms with Gasteiger partial charge in [-0.3, -0.25) is 9.59 Å². The van der Waals surface area contributed by atoms with Gasteiger partial charge in [0.25, 0.3) is 11.8 Å². The van der Waals surface area contributed by atoms with E-state index >= 15 is 0 Å². The molecular weight excluding hydrogens is 334 g/mol. The Balaban J connectivity index is 1.78. The van der Waals surface area contributed by atoms with Crippen molar-refractivity contribution in [1.82, 2.24) is 10.3 Å². The van der Waals surface area contributed by atoms with Crippen molar-refractivity contribution in [3.05, 3.63) is 52.3 Å². The average Bonchev–Trinajstić information content (AvgIpc) is 3.17. The van der Waals surface area contributed by atoms with Gasteiger partial charge in [0.15, 0.2) is 0 Å². The lowest BCUT2D eigenvalue weighted by atomic mass is 10.1. The number of para-hydroxylation sites is 1. The molecule has 6 heteroatoms. The molecule has 1 aromatic carbocycles. The van der Waals surface area contributed by atoms with E-state index in [4.69, 9.17) is 0 Å². The summed E-state index contributed by atoms with van der Waals surface area (Å²) in [6.45, 7) is 0. The summed E-state index contributed by atoms with van der Waals surface area (Å²) in [5, 5.41) is 5.68. The molecule has 0 unspecified atom stereocenters. The first-order chi connectivity index (χ1) is 10.1. The van der Waals surface area contributed by atoms with Gasteiger partial charge in [-0.15, -0.1) is 0 Å². The number of nitrogens with one attached hydrogen (secondary N) is 3. The number of hydrogen-bond acceptors (Lipinski definition) is 2. The fourth-order valence-electron chi connectivity index (χ4n) is 1.97. The molecular formula is C15H14BrN3O2. The fourth-order valence-corrected chi connectivity index (χ4v) is 2.31. The molecule has 21 heavy (non-hydrogen) atoms. The molecule has 0 spiro atoms. The third-order valence-electron chi connectivity index (χ3n) is 3.22. The van der Waals surface area contributed by atoms with E-state index < -0.39 is 0 Å². The third kappa shape index (κ3) is 3.33. The van der Waals surface area contributed by atoms with Gasteiger partial charge in [-0.2, -0.15) is 0 Å². The van der Waals surface area contributed by atoms with Crippen molar-refractivity contribution < 1.29 is 9.59 Å². The second-order valence-corrected chi connectivity index (χ2v) is 5.89. The number of hydrogen-bond donors (Lipinski definition) is 3. The molecule has 1 fully saturated rings. The summed E-state index contributed by atoms with van der Waals surface area (Å²) in [5.74, 6) is -0.437. The summed E-state index contributed by atoms with van der Waals surface area (Å²) in [7, 11) is 0. The van der Waals surface area contributed by atoms with Crippen molar-refractivity contribution in [3.8, 4) is 0 Å². The molecule has 1 aliphatic carbocycles. The molecule has 1 heterocycles. The van der Waals surface area contributed by atoms with Gasteiger partial charge in [-0.1, -0.05) is 12.1 Å². The second kappa shape index (κ2) is 5.73. The Bertz CT molecular complexity index is 692. The van der Waals surface area contributed by atoms with Crippen molar-refractivity contribution in [2.24, 2.45) is 0 Å². The zero-order chi connectivity index (χ0) is 14.8. The first-order valence-electron chi connectivity index (χ1n) is 6.68. The maximum atomic E-state index is 12.2. The predicted octanol–water partition coefficient (Wildman–Crippen LogP) is 2.92. The third-order valence-corrected chi connectivity index (χ3v) is 3.68. The lowest BCUT2D eigenvalue weighted by molar-refractivity contribution is 0.0952. The van der Waals surface area contributed by atoms with Crippen LogP contribution in [0.4, 0.5) is 5.69 Å². The van der Waals surface area contributed by atoms with Crippen molar-refractivity contribution in [3.63, 3.8) is 0 Å². The van der Waals surface area contributed by atoms with E-state index in [-0.39, 0.29) is 17.9 Å². The van der Waals surface area contributed by atoms with Crippen LogP contribution in [0, 0.1) is 0 Å². The number of benzene rings is 1. The molecule has 5 nitrogen and oxygen atoms in total. The van der Waals surface area contributed by atoms with Crippen LogP contribution in [0.3, 0.4) is 0 Å². The fraction of sp³-hybridized carbons (Fsp3) is 0.200. The van der Waals surface area contributed by atoms with E-state index in [9.17, 15) is 9.59 Å². The van der Waals surface area contributed by atoms with Gasteiger partial charge in [0.2, 0.25) is 0 Å². The molecule has 2 aromatic rings. The highest BCUT2D eigenvalue weighted by Gasteiger charge is 2.25. The second-order valence-electron chi connectivity index (χ2n) is 4.98. The van der Waals surface area contributed by atoms with E-state index in [2.05, 4.69) is 31.5 Å². The minimum atomic E-state index is -0.285. The summed E-state index contributed by atoms with van der Waals surface area (Å²) in [6, 6.07) is 8.95. The van der Waals surface area contributed by atoms with Crippen LogP contribution in [0.5, 0.6) is 0 Å². The van der Waals surface area contributed by atoms with Gasteiger partial charge < -0.3 is 15.6 Å². The standard InChI is InChI=1S/C15H14BrN3O2/c16-9-7-13(17-8-9)15(21)19-12-4-2-1-3-11(12)14(20)18-10-5-6-10/h1-4,7-8,10,17H,5-6H2,(H,18,20)(H,19,21). The molecule has 1 aromatic heterocycles. The zero-order valence-corrected chi connectivity index (χ0v) is 12.7. The van der Waals surface area contributed by atoms with E-state index in [1.54, 1.807) is 36.5 Å². The van der Waals surface area contributed by atoms with Crippen LogP contribution in [0.25, 0.3) is 0 Å². The number of H-pyrrole nitrogens is 1. The van der Waals surface area contributed by atoms with Gasteiger partial charge >= 0.3 is 0 Å². The number of anilines is 1. The molecule has 1 saturated carbocycles. The molecule has 0 saturated heterocycles. The molecule has 0 atom stereocenters. The summed E-state index contributed by atoms with van der Waals surface area (Å²) in [6.07, 6.45) is 3.73. The van der Waals surface area contributed by atoms with E-state index in [0.29, 0.717) is 16.9 Å². The number of aromatic amines is 1. The Morgan fingerprint density at radius 2 is 1.95 bits per heavy atom. The van der Waals surface area contributed by atoms with Gasteiger partial charge in [0.05, 0.1) is 11.3 Å². The van der Waals surface area contributed by atoms with Crippen molar-refractivity contribution in [1.29, 1.82) is 0 Å². The molecule has 108 valence electrons. The minimum absolute atomic E-state index is 0.152. The Morgan fingerprint density at radius 1 is 1.19 bits per heavy atom. The maximum Gasteiger partial charge on any atom is 0.272 e. The van der Waals surface area contributed by atoms with Crippen LogP contribution < -0.4 is 10.6 Å². The summed E-state index contributed by atoms with van der Waals surface area (Å²) < 4.78 is 0.799. The topological polar surface area (TPSA) is 74.0 Å². The number of amides is 2. The lowest BCUT2D eigenvalue weighted by Gasteiger charge is -2.10. The molecule has 2 amide bonds. The van der Waals surface area contributed by atoms with Crippen molar-refractivity contribution in [2.45, 2.75) is 18.9 Å². The van der Waals surface area contributed by atoms with E-state index in [1.165, 1.54) is 0 Å². The molecule has 3 rings (SSSR count). The number of halogens is 1. The molecule has 0 bridgehead atoms. The number of carbonyl (C=O) groups excluding carboxylic acids is 2. The van der Waals surface area contributed by atoms with Crippen LogP contribution in [0.2, 0.25) is 0 Å². The van der Waals surface area contributed by atoms with Gasteiger partial charge in [-0.05, 0) is 47.0 Å². The maximum absolute atomic E-state index is 12.2. The first-order valence-corrected chi connectivity index (χ1v) is 7.48. The monoisotopic (exact) mass is 347 g/mol. The number of rotatable bonds is 4. The molecule has 1 aliphatic rings. The molecule has 0 radical (unpaired) electrons. The Kier molecular flexibility index (Phi) is 3.79. The minimum Gasteiger partial charge on any atom is -0.356 e. The highest BCUT2D eigenvalue weighted by Crippen LogP contribution is 2.22. The van der Waals surface area contributed by atoms with Gasteiger partial charge in [0, 0.05) is 16.7 Å². The van der Waals surface area contributed by atoms with Crippen molar-refractivity contribution in [2.75, 3.05) is 5.32 Å². The predicted molar refractivity (Wildman–Crippen MR) is 83.4 cm³/mol. The van der Waals surface area contributed by atoms with Crippen LogP contribution in [0.15, 0.2) is 41.0 Å². The Morgan fingerprint density at radius 3 is 2.62 bits per heavy atom. The lowest BCUT2D eigenvalue weighted by Crippen LogP contribution is -2.27. The van der Waals surface area contributed by atoms with Gasteiger partial charge in [-0.25, -0.2) is 0 Å². The van der Waals surface area contributed by atoms with E-state index in [1.807, 2.05) is 0 Å². The van der Waals surface area contributed by atoms with Crippen LogP contribution >= 0.6 is 15.9 Å². The number of carbonyl (C=O) groups is 2. The highest BCUT2D eigenvalue weighted by atomic mass is 79.9. The SMILES string of the molecule is O=C(Nc1ccccc1C(=O)NC1CC1)c1cc(Br)c[nH]1. The smallest absolute Gasteiger partial charge is 0.272 e. The average molecular weight is 348 g/mol. The number of aromatic nitrogens is 1. The summed E-state index contributed by atoms with van der Waals surface area (Å²) in [5.41, 5.74) is 1.41. The molecule has 0 aliphatic heterocycles. The zero-order valence-electron chi connectivity index (χ0n) is 11.2. The van der Waals surface area contributed by atoms with Crippen LogP contribution in [-0.2, 0) is 0 Å². The normalized spacial score (nSPS) is 13.8. The Labute approximate surface area is 130 Å². The molecule has 3 N–H and O–H groups in total. The first kappa shape index (κ1) is 13.9. The van der Waals surface area contributed by atoms with Gasteiger partial charge in [0.1, 0.15) is 5.69 Å². The van der Waals surface area contributed by atoms with Crippen molar-refractivity contribution >= 4 is 33.4 Å². The van der Waals surface area contributed by atoms with E-state index in [0.717, 1.165) is 17.3 Å². The highest BCUT2D eigenvalue weighted by molar-refractivity contribution is 9.10. The summed E-state index contributed by atoms with van der Waals surface area (Å²) in [4.78, 5) is 27.2. The van der Waals surface area contributed by atoms with Crippen LogP contribution in [0.1, 0.15) is 33.7 Å². The largest absolute Gasteiger partial charge is 0.356 e. The Hall–Kier alpha value is -2.08. The quantitative estimate of drug-likeness (QED) is 0.795. The van der Waals surface area contributed by atoms with Crippen LogP contribution in [-0.4, -0.2) is 22.8 Å².